The van der Waals surface area contributed by atoms with E-state index in [1.807, 2.05) is 272 Å². The predicted molar refractivity (Wildman–Crippen MR) is 534 cm³/mol. The first-order valence-electron chi connectivity index (χ1n) is 46.9. The van der Waals surface area contributed by atoms with Gasteiger partial charge in [0.15, 0.2) is 0 Å². The fourth-order valence-corrected chi connectivity index (χ4v) is 10.2. The highest BCUT2D eigenvalue weighted by Crippen LogP contribution is 2.48. The average molecular weight is 1920 g/mol. The molecule has 0 aromatic heterocycles. The minimum absolute atomic E-state index is 0.00116. The van der Waals surface area contributed by atoms with Crippen molar-refractivity contribution in [1.82, 2.24) is 4.90 Å². The molecule has 137 heavy (non-hydrogen) atoms. The third-order valence-electron chi connectivity index (χ3n) is 18.0. The van der Waals surface area contributed by atoms with E-state index in [1.54, 1.807) is 84.6 Å². The van der Waals surface area contributed by atoms with Gasteiger partial charge in [0, 0.05) is 30.0 Å². The maximum absolute atomic E-state index is 12.3. The van der Waals surface area contributed by atoms with Gasteiger partial charge in [-0.3, -0.25) is 47.9 Å². The molecule has 1 saturated heterocycles. The number of esters is 11. The van der Waals surface area contributed by atoms with Gasteiger partial charge in [-0.2, -0.15) is 9.59 Å². The van der Waals surface area contributed by atoms with Gasteiger partial charge in [0.2, 0.25) is 0 Å². The number of hydrogen-bond acceptors (Lipinski definition) is 26. The van der Waals surface area contributed by atoms with Crippen molar-refractivity contribution in [1.29, 1.82) is 0 Å². The highest BCUT2D eigenvalue weighted by Gasteiger charge is 2.45. The lowest BCUT2D eigenvalue weighted by atomic mass is 9.86. The van der Waals surface area contributed by atoms with Crippen molar-refractivity contribution in [2.75, 3.05) is 73.6 Å². The van der Waals surface area contributed by atoms with Crippen LogP contribution in [0.25, 0.3) is 6.08 Å². The molecule has 2 fully saturated rings. The zero-order valence-electron chi connectivity index (χ0n) is 87.8. The lowest BCUT2D eigenvalue weighted by Crippen LogP contribution is -2.41. The van der Waals surface area contributed by atoms with Gasteiger partial charge >= 0.3 is 71.8 Å². The SMILES string of the molecule is CC(=O)C(C)C.CC(C)COC(=O)C(C)C.CC(C)OC(=O)C(C)C.CCOC(=O)/C(C)=C/c1ccccc1.CCOC(=O)C(C)(C)C.CCOC(=O)C(C)(C)Cc1ccccc1.CCOC(=O)C(C)C.CCOC(=O)C1CCCN1C(=O)c1ccccc1.CCOC(=O)CCc1ccccc1.CCOC(=O)c1ccccc1.COC(=O)C(C)C.COC(=O)C1CC1c1ccc(C)cc1.O=C=O. The van der Waals surface area contributed by atoms with Gasteiger partial charge in [-0.1, -0.05) is 240 Å². The average Bonchev–Trinajstić information content (AvgIpc) is 1.64. The molecule has 27 nitrogen and oxygen atoms in total. The fourth-order valence-electron chi connectivity index (χ4n) is 10.2. The van der Waals surface area contributed by atoms with Crippen molar-refractivity contribution in [3.63, 3.8) is 0 Å². The first-order valence-corrected chi connectivity index (χ1v) is 46.9. The summed E-state index contributed by atoms with van der Waals surface area (Å²) in [7, 11) is 2.84. The number of amides is 1. The number of hydrogen-bond donors (Lipinski definition) is 0. The lowest BCUT2D eigenvalue weighted by molar-refractivity contribution is -0.192. The van der Waals surface area contributed by atoms with Crippen LogP contribution >= 0.6 is 0 Å². The number of rotatable bonds is 28. The van der Waals surface area contributed by atoms with Gasteiger partial charge in [-0.25, -0.2) is 14.4 Å². The number of methoxy groups -OCH3 is 2. The molecule has 0 spiro atoms. The van der Waals surface area contributed by atoms with Crippen molar-refractivity contribution in [2.45, 2.75) is 257 Å². The van der Waals surface area contributed by atoms with E-state index < -0.39 is 11.5 Å². The van der Waals surface area contributed by atoms with Crippen LogP contribution in [0.5, 0.6) is 0 Å². The number of carbonyl (C=O) groups is 13. The van der Waals surface area contributed by atoms with E-state index in [-0.39, 0.29) is 131 Å². The minimum Gasteiger partial charge on any atom is -0.469 e. The van der Waals surface area contributed by atoms with Crippen LogP contribution in [0.3, 0.4) is 0 Å². The first kappa shape index (κ1) is 133. The van der Waals surface area contributed by atoms with Gasteiger partial charge in [0.25, 0.3) is 5.91 Å². The Balaban J connectivity index is -0.000000466. The second kappa shape index (κ2) is 79.9. The van der Waals surface area contributed by atoms with Gasteiger partial charge in [-0.05, 0) is 214 Å². The fraction of sp³-hybridized carbons (Fsp3) is 0.527. The highest BCUT2D eigenvalue weighted by atomic mass is 16.6. The maximum Gasteiger partial charge on any atom is 0.373 e. The van der Waals surface area contributed by atoms with E-state index in [1.165, 1.54) is 30.9 Å². The summed E-state index contributed by atoms with van der Waals surface area (Å²) in [5, 5.41) is 0. The predicted octanol–water partition coefficient (Wildman–Crippen LogP) is 21.3. The second-order valence-electron chi connectivity index (χ2n) is 34.5. The number of ketones is 1. The summed E-state index contributed by atoms with van der Waals surface area (Å²) in [5.74, 6) is -0.443. The molecule has 1 saturated carbocycles. The molecule has 3 atom stereocenters. The topological polar surface area (TPSA) is 361 Å². The molecule has 1 amide bonds. The van der Waals surface area contributed by atoms with Crippen LogP contribution in [0.4, 0.5) is 0 Å². The zero-order chi connectivity index (χ0) is 106. The first-order chi connectivity index (χ1) is 64.4. The minimum atomic E-state index is -0.447. The molecule has 27 heteroatoms. The summed E-state index contributed by atoms with van der Waals surface area (Å²) in [6.07, 6.45) is 6.51. The summed E-state index contributed by atoms with van der Waals surface area (Å²) in [4.78, 5) is 161. The van der Waals surface area contributed by atoms with Crippen LogP contribution < -0.4 is 0 Å². The van der Waals surface area contributed by atoms with Crippen molar-refractivity contribution in [3.05, 3.63) is 220 Å². The molecule has 6 aromatic carbocycles. The van der Waals surface area contributed by atoms with Crippen LogP contribution in [0.1, 0.15) is 274 Å². The van der Waals surface area contributed by atoms with Gasteiger partial charge < -0.3 is 57.0 Å². The number of nitrogens with zero attached hydrogens (tertiary/aromatic N) is 1. The Bertz CT molecular complexity index is 4360. The van der Waals surface area contributed by atoms with Crippen LogP contribution in [-0.2, 0) is 127 Å². The molecule has 8 rings (SSSR count). The van der Waals surface area contributed by atoms with Crippen molar-refractivity contribution in [2.24, 2.45) is 52.3 Å². The Kier molecular flexibility index (Phi) is 77.7. The van der Waals surface area contributed by atoms with Gasteiger partial charge in [-0.15, -0.1) is 0 Å². The van der Waals surface area contributed by atoms with E-state index in [4.69, 9.17) is 52.2 Å². The Labute approximate surface area is 818 Å². The number of Topliss-reactive ketones (excluding diaryl/α,β-unsaturated/α-hetero) is 1. The number of likely N-dealkylation sites (tertiary alicyclic amines) is 1. The van der Waals surface area contributed by atoms with Crippen molar-refractivity contribution >= 4 is 89.6 Å². The summed E-state index contributed by atoms with van der Waals surface area (Å²) in [6.45, 7) is 57.7. The Morgan fingerprint density at radius 3 is 1.22 bits per heavy atom. The number of benzene rings is 6. The van der Waals surface area contributed by atoms with Crippen LogP contribution in [0.2, 0.25) is 0 Å². The van der Waals surface area contributed by atoms with E-state index in [2.05, 4.69) is 40.7 Å². The van der Waals surface area contributed by atoms with Crippen LogP contribution in [-0.4, -0.2) is 174 Å². The van der Waals surface area contributed by atoms with Crippen molar-refractivity contribution < 1.29 is 124 Å². The number of carbonyl (C=O) groups excluding carboxylic acids is 15. The van der Waals surface area contributed by atoms with Gasteiger partial charge in [0.05, 0.1) is 119 Å². The number of aryl methyl sites for hydroxylation is 2. The monoisotopic (exact) mass is 1910 g/mol. The molecule has 0 radical (unpaired) electrons. The van der Waals surface area contributed by atoms with E-state index >= 15 is 0 Å². The lowest BCUT2D eigenvalue weighted by Gasteiger charge is -2.23. The van der Waals surface area contributed by atoms with Crippen LogP contribution in [0, 0.1) is 59.2 Å². The third-order valence-corrected chi connectivity index (χ3v) is 18.0. The zero-order valence-corrected chi connectivity index (χ0v) is 87.8. The quantitative estimate of drug-likeness (QED) is 0.0250. The maximum atomic E-state index is 12.3. The Morgan fingerprint density at radius 1 is 0.445 bits per heavy atom. The van der Waals surface area contributed by atoms with E-state index in [0.717, 1.165) is 30.4 Å². The molecule has 2 aliphatic rings. The second-order valence-corrected chi connectivity index (χ2v) is 34.5. The molecule has 6 aromatic rings. The smallest absolute Gasteiger partial charge is 0.373 e. The molecule has 0 bridgehead atoms. The number of ether oxygens (including phenoxy) is 11. The highest BCUT2D eigenvalue weighted by molar-refractivity contribution is 5.97. The molecule has 1 aliphatic carbocycles. The Hall–Kier alpha value is -12.3. The molecule has 0 N–H and O–H groups in total. The molecular formula is C110H163NO26. The summed E-state index contributed by atoms with van der Waals surface area (Å²) >= 11 is 0. The molecular weight excluding hydrogens is 1750 g/mol. The van der Waals surface area contributed by atoms with Crippen molar-refractivity contribution in [3.8, 4) is 0 Å². The van der Waals surface area contributed by atoms with E-state index in [9.17, 15) is 62.3 Å². The standard InChI is InChI=1S/C14H17NO3.C13H18O2.2C12H14O2.C11H14O2.C9H10O2.C8H16O2.2C7H14O2.C6H12O2.C5H10O2.C5H10O.CO2/c1-2-18-14(17)12-9-6-10-15(12)13(16)11-7-4-3-5-8-11;1-4-15-12(14)13(2,3)10-11-8-6-5-7-9-11;1-8-3-5-9(6-4-8)10-7-11(10)12(13)14-2;1-3-14-12(13)10(2)9-11-7-5-4-6-8-11;1-2-13-11(12)9-8-10-6-4-3-5-7-10;1-2-11-9(10)8-6-4-3-5-7-8;1-6(2)5-10-8(9)7(3)4;1-5-9-6(8)7(2,3)4;1-5(2)7(8)9-6(3)4;1-4-8-6(7)5(2)3;1-4(2)5(6)7-3;1-4(2)5(3)6;2-1-3/h3-5,7-8,12H,2,6,9-10H2,1H3;5-9H,4,10H2,1-3H3;3-6,10-11H,7H2,1-2H3;4-9H,3H2,1-2H3;3-7H,2,8-9H2,1H3;3-7H,2H2,1H3;6-7H,5H2,1-4H3;5H2,1-4H3;5-6H,1-4H3;5H,4H2,1-3H3;4H,1-3H3;4H,1-3H3;/b;;;10-9+;;;;;;;;;. The molecule has 1 heterocycles. The summed E-state index contributed by atoms with van der Waals surface area (Å²) in [5.41, 5.74) is 6.91. The normalized spacial score (nSPS) is 12.6. The summed E-state index contributed by atoms with van der Waals surface area (Å²) in [6, 6.07) is 55.6. The molecule has 1 aliphatic heterocycles. The van der Waals surface area contributed by atoms with Crippen LogP contribution in [0.15, 0.2) is 181 Å². The largest absolute Gasteiger partial charge is 0.469 e. The van der Waals surface area contributed by atoms with E-state index in [0.29, 0.717) is 107 Å². The molecule has 3 unspecified atom stereocenters. The molecule has 764 valence electrons. The Morgan fingerprint density at radius 2 is 0.854 bits per heavy atom. The summed E-state index contributed by atoms with van der Waals surface area (Å²) < 4.78 is 52.8. The third kappa shape index (κ3) is 70.1. The van der Waals surface area contributed by atoms with Gasteiger partial charge in [0.1, 0.15) is 11.8 Å².